The first-order valence-corrected chi connectivity index (χ1v) is 11.4. The van der Waals surface area contributed by atoms with Crippen molar-refractivity contribution in [2.75, 3.05) is 5.32 Å². The molecular formula is C24H21BrN4OS. The molecule has 0 fully saturated rings. The van der Waals surface area contributed by atoms with Gasteiger partial charge in [0.1, 0.15) is 0 Å². The lowest BCUT2D eigenvalue weighted by molar-refractivity contribution is 0.102. The molecule has 1 heterocycles. The van der Waals surface area contributed by atoms with Crippen LogP contribution < -0.4 is 5.32 Å². The van der Waals surface area contributed by atoms with Crippen molar-refractivity contribution in [3.05, 3.63) is 99.8 Å². The first-order valence-electron chi connectivity index (χ1n) is 9.79. The molecule has 0 atom stereocenters. The third-order valence-corrected chi connectivity index (χ3v) is 6.19. The van der Waals surface area contributed by atoms with Gasteiger partial charge in [-0.15, -0.1) is 5.10 Å². The molecule has 0 saturated carbocycles. The van der Waals surface area contributed by atoms with E-state index < -0.39 is 0 Å². The molecular weight excluding hydrogens is 472 g/mol. The van der Waals surface area contributed by atoms with E-state index in [2.05, 4.69) is 62.5 Å². The normalized spacial score (nSPS) is 10.8. The Morgan fingerprint density at radius 1 is 1.00 bits per heavy atom. The van der Waals surface area contributed by atoms with Gasteiger partial charge in [0, 0.05) is 10.5 Å². The van der Waals surface area contributed by atoms with Gasteiger partial charge in [0.2, 0.25) is 4.73 Å². The number of para-hydroxylation sites is 1. The average Bonchev–Trinajstić information content (AvgIpc) is 3.10. The number of nitrogens with zero attached hydrogens (tertiary/aromatic N) is 3. The topological polar surface area (TPSA) is 59.8 Å². The summed E-state index contributed by atoms with van der Waals surface area (Å²) >= 11 is 4.86. The number of benzene rings is 3. The van der Waals surface area contributed by atoms with E-state index in [-0.39, 0.29) is 5.91 Å². The van der Waals surface area contributed by atoms with Crippen LogP contribution in [0.3, 0.4) is 0 Å². The number of amides is 1. The van der Waals surface area contributed by atoms with Crippen LogP contribution in [0.25, 0.3) is 0 Å². The Kier molecular flexibility index (Phi) is 6.53. The van der Waals surface area contributed by atoms with Crippen molar-refractivity contribution in [2.45, 2.75) is 30.4 Å². The van der Waals surface area contributed by atoms with Crippen molar-refractivity contribution in [1.82, 2.24) is 14.8 Å². The van der Waals surface area contributed by atoms with Crippen molar-refractivity contribution < 1.29 is 4.79 Å². The number of aromatic nitrogens is 3. The van der Waals surface area contributed by atoms with Gasteiger partial charge in [-0.1, -0.05) is 60.2 Å². The van der Waals surface area contributed by atoms with Crippen LogP contribution in [0.2, 0.25) is 0 Å². The van der Waals surface area contributed by atoms with Crippen LogP contribution >= 0.6 is 27.7 Å². The van der Waals surface area contributed by atoms with Gasteiger partial charge in [-0.3, -0.25) is 4.79 Å². The summed E-state index contributed by atoms with van der Waals surface area (Å²) in [6, 6.07) is 23.6. The van der Waals surface area contributed by atoms with Gasteiger partial charge >= 0.3 is 0 Å². The lowest BCUT2D eigenvalue weighted by Gasteiger charge is -2.12. The molecule has 156 valence electrons. The number of nitrogens with one attached hydrogen (secondary N) is 1. The highest BCUT2D eigenvalue weighted by molar-refractivity contribution is 9.10. The molecule has 31 heavy (non-hydrogen) atoms. The Morgan fingerprint density at radius 2 is 1.71 bits per heavy atom. The first kappa shape index (κ1) is 21.3. The molecule has 4 aromatic rings. The monoisotopic (exact) mass is 492 g/mol. The highest BCUT2D eigenvalue weighted by Crippen LogP contribution is 2.33. The molecule has 1 aromatic heterocycles. The van der Waals surface area contributed by atoms with Gasteiger partial charge in [-0.05, 0) is 70.9 Å². The quantitative estimate of drug-likeness (QED) is 0.352. The summed E-state index contributed by atoms with van der Waals surface area (Å²) in [5, 5.41) is 8.27. The minimum atomic E-state index is -0.131. The predicted molar refractivity (Wildman–Crippen MR) is 128 cm³/mol. The molecule has 0 aliphatic rings. The van der Waals surface area contributed by atoms with Gasteiger partial charge < -0.3 is 5.32 Å². The number of hydrogen-bond acceptors (Lipinski definition) is 4. The van der Waals surface area contributed by atoms with Crippen LogP contribution in [0.4, 0.5) is 5.69 Å². The second-order valence-corrected chi connectivity index (χ2v) is 8.89. The number of carbonyl (C=O) groups excluding carboxylic acids is 1. The fourth-order valence-corrected chi connectivity index (χ4v) is 4.51. The third-order valence-electron chi connectivity index (χ3n) is 4.79. The minimum Gasteiger partial charge on any atom is -0.321 e. The summed E-state index contributed by atoms with van der Waals surface area (Å²) in [5.41, 5.74) is 4.70. The van der Waals surface area contributed by atoms with Gasteiger partial charge in [0.15, 0.2) is 5.16 Å². The van der Waals surface area contributed by atoms with Crippen LogP contribution in [0, 0.1) is 13.8 Å². The van der Waals surface area contributed by atoms with E-state index in [1.807, 2.05) is 60.1 Å². The lowest BCUT2D eigenvalue weighted by Crippen LogP contribution is -2.13. The van der Waals surface area contributed by atoms with E-state index in [0.717, 1.165) is 26.9 Å². The number of carbonyl (C=O) groups is 1. The Morgan fingerprint density at radius 3 is 2.48 bits per heavy atom. The summed E-state index contributed by atoms with van der Waals surface area (Å²) in [5.74, 6) is -0.131. The van der Waals surface area contributed by atoms with Crippen LogP contribution in [-0.2, 0) is 6.54 Å². The molecule has 0 bridgehead atoms. The maximum Gasteiger partial charge on any atom is 0.255 e. The average molecular weight is 493 g/mol. The molecule has 3 aromatic carbocycles. The SMILES string of the molecule is Cc1ccc(Cn2nc(Br)nc2Sc2ccccc2NC(=O)c2ccccc2C)cc1. The zero-order valence-electron chi connectivity index (χ0n) is 17.2. The smallest absolute Gasteiger partial charge is 0.255 e. The van der Waals surface area contributed by atoms with Crippen LogP contribution in [0.1, 0.15) is 27.0 Å². The predicted octanol–water partition coefficient (Wildman–Crippen LogP) is 6.11. The number of aryl methyl sites for hydroxylation is 2. The van der Waals surface area contributed by atoms with Gasteiger partial charge in [0.05, 0.1) is 12.2 Å². The maximum absolute atomic E-state index is 12.8. The summed E-state index contributed by atoms with van der Waals surface area (Å²) in [6.07, 6.45) is 0. The maximum atomic E-state index is 12.8. The zero-order valence-corrected chi connectivity index (χ0v) is 19.6. The van der Waals surface area contributed by atoms with Crippen LogP contribution in [-0.4, -0.2) is 20.7 Å². The fraction of sp³-hybridized carbons (Fsp3) is 0.125. The largest absolute Gasteiger partial charge is 0.321 e. The molecule has 4 rings (SSSR count). The molecule has 7 heteroatoms. The molecule has 0 radical (unpaired) electrons. The Labute approximate surface area is 194 Å². The number of hydrogen-bond donors (Lipinski definition) is 1. The number of anilines is 1. The molecule has 1 N–H and O–H groups in total. The molecule has 0 aliphatic carbocycles. The highest BCUT2D eigenvalue weighted by atomic mass is 79.9. The van der Waals surface area contributed by atoms with E-state index in [1.165, 1.54) is 17.3 Å². The lowest BCUT2D eigenvalue weighted by atomic mass is 10.1. The summed E-state index contributed by atoms with van der Waals surface area (Å²) < 4.78 is 2.39. The third kappa shape index (κ3) is 5.24. The molecule has 0 aliphatic heterocycles. The van der Waals surface area contributed by atoms with Crippen molar-refractivity contribution in [3.63, 3.8) is 0 Å². The summed E-state index contributed by atoms with van der Waals surface area (Å²) in [4.78, 5) is 18.2. The second-order valence-electron chi connectivity index (χ2n) is 7.17. The van der Waals surface area contributed by atoms with Crippen molar-refractivity contribution in [1.29, 1.82) is 0 Å². The van der Waals surface area contributed by atoms with Crippen molar-refractivity contribution in [3.8, 4) is 0 Å². The number of halogens is 1. The van der Waals surface area contributed by atoms with Crippen molar-refractivity contribution >= 4 is 39.3 Å². The Bertz CT molecular complexity index is 1220. The molecule has 1 amide bonds. The molecule has 5 nitrogen and oxygen atoms in total. The van der Waals surface area contributed by atoms with Gasteiger partial charge in [0.25, 0.3) is 5.91 Å². The Balaban J connectivity index is 1.57. The minimum absolute atomic E-state index is 0.131. The van der Waals surface area contributed by atoms with Crippen LogP contribution in [0.5, 0.6) is 0 Å². The summed E-state index contributed by atoms with van der Waals surface area (Å²) in [7, 11) is 0. The van der Waals surface area contributed by atoms with E-state index in [1.54, 1.807) is 0 Å². The fourth-order valence-electron chi connectivity index (χ4n) is 3.12. The van der Waals surface area contributed by atoms with Crippen LogP contribution in [0.15, 0.2) is 87.6 Å². The standard InChI is InChI=1S/C24H21BrN4OS/c1-16-11-13-18(14-12-16)15-29-24(27-23(25)28-29)31-21-10-6-5-9-20(21)26-22(30)19-8-4-3-7-17(19)2/h3-14H,15H2,1-2H3,(H,26,30). The van der Waals surface area contributed by atoms with E-state index in [0.29, 0.717) is 16.8 Å². The van der Waals surface area contributed by atoms with E-state index in [4.69, 9.17) is 0 Å². The summed E-state index contributed by atoms with van der Waals surface area (Å²) in [6.45, 7) is 4.61. The van der Waals surface area contributed by atoms with Crippen molar-refractivity contribution in [2.24, 2.45) is 0 Å². The Hall–Kier alpha value is -2.90. The van der Waals surface area contributed by atoms with Gasteiger partial charge in [-0.25, -0.2) is 4.68 Å². The van der Waals surface area contributed by atoms with Gasteiger partial charge in [-0.2, -0.15) is 4.98 Å². The second kappa shape index (κ2) is 9.49. The molecule has 0 saturated heterocycles. The number of rotatable bonds is 6. The highest BCUT2D eigenvalue weighted by Gasteiger charge is 2.15. The molecule has 0 unspecified atom stereocenters. The van der Waals surface area contributed by atoms with E-state index >= 15 is 0 Å². The molecule has 0 spiro atoms. The zero-order chi connectivity index (χ0) is 21.8. The first-order chi connectivity index (χ1) is 15.0. The van der Waals surface area contributed by atoms with E-state index in [9.17, 15) is 4.79 Å².